The molecule has 0 bridgehead atoms. The maximum atomic E-state index is 10.4. The van der Waals surface area contributed by atoms with Crippen molar-refractivity contribution in [1.29, 1.82) is 0 Å². The van der Waals surface area contributed by atoms with Crippen molar-refractivity contribution in [2.75, 3.05) is 13.7 Å². The van der Waals surface area contributed by atoms with Gasteiger partial charge in [-0.05, 0) is 36.5 Å². The van der Waals surface area contributed by atoms with Gasteiger partial charge in [-0.3, -0.25) is 0 Å². The standard InChI is InChI=1S/C18H26O3/c1-21-15-7-5-3-2-4-6-8-16-9-11-17(12-10-16)13-14-18(19)20/h9-14H,2-8,15H2,1H3,(H,19,20)/b14-13+. The van der Waals surface area contributed by atoms with Crippen LogP contribution in [0, 0.1) is 0 Å². The van der Waals surface area contributed by atoms with Crippen molar-refractivity contribution in [3.8, 4) is 0 Å². The van der Waals surface area contributed by atoms with E-state index in [1.54, 1.807) is 13.2 Å². The predicted octanol–water partition coefficient (Wildman–Crippen LogP) is 4.31. The van der Waals surface area contributed by atoms with E-state index in [0.717, 1.165) is 18.6 Å². The zero-order valence-corrected chi connectivity index (χ0v) is 12.9. The van der Waals surface area contributed by atoms with Crippen molar-refractivity contribution >= 4 is 12.0 Å². The second kappa shape index (κ2) is 11.1. The molecular formula is C18H26O3. The molecule has 1 aromatic rings. The van der Waals surface area contributed by atoms with Crippen molar-refractivity contribution in [3.63, 3.8) is 0 Å². The third-order valence-electron chi connectivity index (χ3n) is 3.46. The number of methoxy groups -OCH3 is 1. The Labute approximate surface area is 127 Å². The van der Waals surface area contributed by atoms with E-state index >= 15 is 0 Å². The minimum absolute atomic E-state index is 0.878. The van der Waals surface area contributed by atoms with Gasteiger partial charge in [-0.2, -0.15) is 0 Å². The van der Waals surface area contributed by atoms with E-state index in [1.807, 2.05) is 12.1 Å². The maximum absolute atomic E-state index is 10.4. The monoisotopic (exact) mass is 290 g/mol. The lowest BCUT2D eigenvalue weighted by atomic mass is 10.0. The highest BCUT2D eigenvalue weighted by atomic mass is 16.5. The average Bonchev–Trinajstić information content (AvgIpc) is 2.49. The van der Waals surface area contributed by atoms with Crippen molar-refractivity contribution < 1.29 is 14.6 Å². The first-order valence-corrected chi connectivity index (χ1v) is 7.71. The van der Waals surface area contributed by atoms with E-state index in [-0.39, 0.29) is 0 Å². The molecule has 0 heterocycles. The van der Waals surface area contributed by atoms with Gasteiger partial charge in [0, 0.05) is 19.8 Å². The van der Waals surface area contributed by atoms with E-state index in [2.05, 4.69) is 12.1 Å². The summed E-state index contributed by atoms with van der Waals surface area (Å²) in [5.74, 6) is -0.912. The Balaban J connectivity index is 2.14. The minimum atomic E-state index is -0.912. The van der Waals surface area contributed by atoms with E-state index in [0.29, 0.717) is 0 Å². The highest BCUT2D eigenvalue weighted by molar-refractivity contribution is 5.85. The molecular weight excluding hydrogens is 264 g/mol. The summed E-state index contributed by atoms with van der Waals surface area (Å²) in [4.78, 5) is 10.4. The van der Waals surface area contributed by atoms with Crippen LogP contribution in [-0.2, 0) is 16.0 Å². The first-order chi connectivity index (χ1) is 10.2. The zero-order valence-electron chi connectivity index (χ0n) is 12.9. The Hall–Kier alpha value is -1.61. The molecule has 0 radical (unpaired) electrons. The van der Waals surface area contributed by atoms with Gasteiger partial charge in [0.25, 0.3) is 0 Å². The number of hydrogen-bond donors (Lipinski definition) is 1. The number of benzene rings is 1. The van der Waals surface area contributed by atoms with Crippen LogP contribution < -0.4 is 0 Å². The van der Waals surface area contributed by atoms with Crippen molar-refractivity contribution in [3.05, 3.63) is 41.5 Å². The second-order valence-corrected chi connectivity index (χ2v) is 5.28. The fraction of sp³-hybridized carbons (Fsp3) is 0.500. The molecule has 0 amide bonds. The maximum Gasteiger partial charge on any atom is 0.328 e. The number of carboxylic acid groups (broad SMARTS) is 1. The predicted molar refractivity (Wildman–Crippen MR) is 86.4 cm³/mol. The fourth-order valence-electron chi connectivity index (χ4n) is 2.25. The molecule has 0 aromatic heterocycles. The van der Waals surface area contributed by atoms with Crippen LogP contribution in [0.5, 0.6) is 0 Å². The third-order valence-corrected chi connectivity index (χ3v) is 3.46. The Morgan fingerprint density at radius 3 is 2.29 bits per heavy atom. The highest BCUT2D eigenvalue weighted by Gasteiger charge is 1.96. The van der Waals surface area contributed by atoms with Crippen molar-refractivity contribution in [1.82, 2.24) is 0 Å². The molecule has 3 nitrogen and oxygen atoms in total. The van der Waals surface area contributed by atoms with Gasteiger partial charge in [0.1, 0.15) is 0 Å². The Morgan fingerprint density at radius 2 is 1.67 bits per heavy atom. The number of aliphatic carboxylic acids is 1. The Bertz CT molecular complexity index is 421. The van der Waals surface area contributed by atoms with Crippen LogP contribution in [0.3, 0.4) is 0 Å². The molecule has 0 aliphatic rings. The second-order valence-electron chi connectivity index (χ2n) is 5.28. The quantitative estimate of drug-likeness (QED) is 0.488. The molecule has 0 spiro atoms. The summed E-state index contributed by atoms with van der Waals surface area (Å²) in [5.41, 5.74) is 2.25. The molecule has 1 N–H and O–H groups in total. The molecule has 116 valence electrons. The molecule has 0 atom stereocenters. The van der Waals surface area contributed by atoms with Gasteiger partial charge in [-0.1, -0.05) is 49.9 Å². The third kappa shape index (κ3) is 9.03. The summed E-state index contributed by atoms with van der Waals surface area (Å²) in [6.07, 6.45) is 11.4. The van der Waals surface area contributed by atoms with Crippen molar-refractivity contribution in [2.45, 2.75) is 44.9 Å². The van der Waals surface area contributed by atoms with E-state index in [4.69, 9.17) is 9.84 Å². The van der Waals surface area contributed by atoms with E-state index in [9.17, 15) is 4.79 Å². The molecule has 0 aliphatic carbocycles. The van der Waals surface area contributed by atoms with E-state index in [1.165, 1.54) is 50.2 Å². The zero-order chi connectivity index (χ0) is 15.3. The van der Waals surface area contributed by atoms with Crippen LogP contribution in [0.1, 0.15) is 49.7 Å². The lowest BCUT2D eigenvalue weighted by Gasteiger charge is -2.03. The van der Waals surface area contributed by atoms with E-state index < -0.39 is 5.97 Å². The lowest BCUT2D eigenvalue weighted by Crippen LogP contribution is -1.89. The molecule has 1 rings (SSSR count). The van der Waals surface area contributed by atoms with Crippen LogP contribution in [0.2, 0.25) is 0 Å². The summed E-state index contributed by atoms with van der Waals surface area (Å²) in [6, 6.07) is 8.11. The van der Waals surface area contributed by atoms with Gasteiger partial charge in [-0.25, -0.2) is 4.79 Å². The molecule has 3 heteroatoms. The van der Waals surface area contributed by atoms with Gasteiger partial charge < -0.3 is 9.84 Å². The van der Waals surface area contributed by atoms with Crippen LogP contribution in [-0.4, -0.2) is 24.8 Å². The number of aryl methyl sites for hydroxylation is 1. The smallest absolute Gasteiger partial charge is 0.328 e. The number of unbranched alkanes of at least 4 members (excludes halogenated alkanes) is 5. The number of ether oxygens (including phenoxy) is 1. The van der Waals surface area contributed by atoms with Gasteiger partial charge in [-0.15, -0.1) is 0 Å². The van der Waals surface area contributed by atoms with Crippen molar-refractivity contribution in [2.24, 2.45) is 0 Å². The van der Waals surface area contributed by atoms with Gasteiger partial charge in [0.15, 0.2) is 0 Å². The topological polar surface area (TPSA) is 46.5 Å². The van der Waals surface area contributed by atoms with Crippen LogP contribution in [0.15, 0.2) is 30.3 Å². The average molecular weight is 290 g/mol. The summed E-state index contributed by atoms with van der Waals surface area (Å²) in [7, 11) is 1.75. The van der Waals surface area contributed by atoms with Gasteiger partial charge in [0.2, 0.25) is 0 Å². The van der Waals surface area contributed by atoms with Gasteiger partial charge in [0.05, 0.1) is 0 Å². The summed E-state index contributed by atoms with van der Waals surface area (Å²) >= 11 is 0. The largest absolute Gasteiger partial charge is 0.478 e. The van der Waals surface area contributed by atoms with Crippen LogP contribution >= 0.6 is 0 Å². The van der Waals surface area contributed by atoms with Crippen LogP contribution in [0.25, 0.3) is 6.08 Å². The first kappa shape index (κ1) is 17.4. The molecule has 1 aromatic carbocycles. The molecule has 0 fully saturated rings. The molecule has 0 saturated heterocycles. The fourth-order valence-corrected chi connectivity index (χ4v) is 2.25. The highest BCUT2D eigenvalue weighted by Crippen LogP contribution is 2.12. The first-order valence-electron chi connectivity index (χ1n) is 7.71. The molecule has 0 aliphatic heterocycles. The number of hydrogen-bond acceptors (Lipinski definition) is 2. The molecule has 0 unspecified atom stereocenters. The molecule has 21 heavy (non-hydrogen) atoms. The number of carbonyl (C=O) groups is 1. The summed E-state index contributed by atoms with van der Waals surface area (Å²) in [6.45, 7) is 0.878. The summed E-state index contributed by atoms with van der Waals surface area (Å²) < 4.78 is 5.03. The Morgan fingerprint density at radius 1 is 1.05 bits per heavy atom. The number of rotatable bonds is 11. The lowest BCUT2D eigenvalue weighted by molar-refractivity contribution is -0.131. The number of carboxylic acids is 1. The van der Waals surface area contributed by atoms with Crippen LogP contribution in [0.4, 0.5) is 0 Å². The molecule has 0 saturated carbocycles. The normalized spacial score (nSPS) is 11.1. The Kier molecular flexibility index (Phi) is 9.21. The minimum Gasteiger partial charge on any atom is -0.478 e. The summed E-state index contributed by atoms with van der Waals surface area (Å²) in [5, 5.41) is 8.57. The SMILES string of the molecule is COCCCCCCCCc1ccc(/C=C/C(=O)O)cc1. The van der Waals surface area contributed by atoms with Gasteiger partial charge >= 0.3 is 5.97 Å².